The largest absolute Gasteiger partial charge is 0.495 e. The molecule has 1 fully saturated rings. The second kappa shape index (κ2) is 8.68. The summed E-state index contributed by atoms with van der Waals surface area (Å²) in [6.45, 7) is 3.10. The topological polar surface area (TPSA) is 125 Å². The first-order valence-corrected chi connectivity index (χ1v) is 12.3. The van der Waals surface area contributed by atoms with Gasteiger partial charge in [0.25, 0.3) is 0 Å². The van der Waals surface area contributed by atoms with Crippen LogP contribution in [0.25, 0.3) is 0 Å². The molecule has 0 spiro atoms. The van der Waals surface area contributed by atoms with E-state index in [0.717, 1.165) is 32.1 Å². The van der Waals surface area contributed by atoms with E-state index in [2.05, 4.69) is 15.5 Å². The van der Waals surface area contributed by atoms with E-state index >= 15 is 0 Å². The maximum absolute atomic E-state index is 13.0. The second-order valence-electron chi connectivity index (χ2n) is 7.13. The van der Waals surface area contributed by atoms with Gasteiger partial charge in [-0.1, -0.05) is 19.3 Å². The Hall–Kier alpha value is -1.83. The Morgan fingerprint density at radius 2 is 1.86 bits per heavy atom. The number of sulfonamides is 2. The van der Waals surface area contributed by atoms with Gasteiger partial charge in [0, 0.05) is 6.07 Å². The fraction of sp³-hybridized carbons (Fsp3) is 0.611. The Bertz CT molecular complexity index is 948. The first kappa shape index (κ1) is 22.5. The number of anilines is 1. The molecule has 0 radical (unpaired) electrons. The SMILES string of the molecule is CCS(=O)(=O)Nc1ccc(S(=O)(=O)N[C@](C)(C#N)C2CCCCC2)c(OC)c1. The lowest BCUT2D eigenvalue weighted by Gasteiger charge is -2.34. The van der Waals surface area contributed by atoms with Crippen LogP contribution in [0.2, 0.25) is 0 Å². The van der Waals surface area contributed by atoms with Crippen LogP contribution in [0.4, 0.5) is 5.69 Å². The molecule has 156 valence electrons. The second-order valence-corrected chi connectivity index (χ2v) is 10.8. The van der Waals surface area contributed by atoms with E-state index in [9.17, 15) is 22.1 Å². The minimum atomic E-state index is -4.06. The van der Waals surface area contributed by atoms with E-state index in [-0.39, 0.29) is 28.0 Å². The smallest absolute Gasteiger partial charge is 0.245 e. The molecule has 1 aliphatic carbocycles. The summed E-state index contributed by atoms with van der Waals surface area (Å²) in [5, 5.41) is 9.69. The van der Waals surface area contributed by atoms with Crippen molar-refractivity contribution >= 4 is 25.7 Å². The van der Waals surface area contributed by atoms with Crippen LogP contribution in [0.15, 0.2) is 23.1 Å². The Labute approximate surface area is 167 Å². The number of nitrogens with one attached hydrogen (secondary N) is 2. The number of methoxy groups -OCH3 is 1. The highest BCUT2D eigenvalue weighted by atomic mass is 32.2. The Balaban J connectivity index is 2.35. The molecule has 0 aromatic heterocycles. The fourth-order valence-corrected chi connectivity index (χ4v) is 5.58. The number of ether oxygens (including phenoxy) is 1. The molecule has 8 nitrogen and oxygen atoms in total. The van der Waals surface area contributed by atoms with Crippen LogP contribution in [0, 0.1) is 17.2 Å². The molecule has 1 saturated carbocycles. The van der Waals surface area contributed by atoms with E-state index in [1.807, 2.05) is 0 Å². The molecule has 28 heavy (non-hydrogen) atoms. The van der Waals surface area contributed by atoms with E-state index in [1.165, 1.54) is 32.2 Å². The highest BCUT2D eigenvalue weighted by Crippen LogP contribution is 2.35. The van der Waals surface area contributed by atoms with Crippen molar-refractivity contribution in [2.75, 3.05) is 17.6 Å². The summed E-state index contributed by atoms with van der Waals surface area (Å²) < 4.78 is 59.6. The Morgan fingerprint density at radius 1 is 1.21 bits per heavy atom. The van der Waals surface area contributed by atoms with Gasteiger partial charge in [0.2, 0.25) is 20.0 Å². The zero-order valence-electron chi connectivity index (χ0n) is 16.4. The van der Waals surface area contributed by atoms with Crippen LogP contribution in [-0.2, 0) is 20.0 Å². The predicted molar refractivity (Wildman–Crippen MR) is 107 cm³/mol. The lowest BCUT2D eigenvalue weighted by Crippen LogP contribution is -2.50. The maximum atomic E-state index is 13.0. The molecule has 0 amide bonds. The molecule has 0 bridgehead atoms. The minimum absolute atomic E-state index is 0.00672. The van der Waals surface area contributed by atoms with Crippen molar-refractivity contribution in [1.29, 1.82) is 5.26 Å². The van der Waals surface area contributed by atoms with Crippen LogP contribution in [0.3, 0.4) is 0 Å². The lowest BCUT2D eigenvalue weighted by atomic mass is 9.77. The van der Waals surface area contributed by atoms with Crippen molar-refractivity contribution in [3.05, 3.63) is 18.2 Å². The van der Waals surface area contributed by atoms with Crippen LogP contribution in [0.5, 0.6) is 5.75 Å². The summed E-state index contributed by atoms with van der Waals surface area (Å²) in [6, 6.07) is 6.08. The highest BCUT2D eigenvalue weighted by Gasteiger charge is 2.39. The maximum Gasteiger partial charge on any atom is 0.245 e. The summed E-state index contributed by atoms with van der Waals surface area (Å²) in [5.41, 5.74) is -1.03. The quantitative estimate of drug-likeness (QED) is 0.654. The molecule has 1 atom stereocenters. The third kappa shape index (κ3) is 5.16. The molecule has 2 N–H and O–H groups in total. The van der Waals surface area contributed by atoms with Gasteiger partial charge in [0.05, 0.1) is 24.6 Å². The van der Waals surface area contributed by atoms with E-state index < -0.39 is 25.6 Å². The van der Waals surface area contributed by atoms with Gasteiger partial charge in [0.15, 0.2) is 0 Å². The third-order valence-electron chi connectivity index (χ3n) is 5.11. The zero-order chi connectivity index (χ0) is 21.0. The van der Waals surface area contributed by atoms with E-state index in [1.54, 1.807) is 6.92 Å². The summed E-state index contributed by atoms with van der Waals surface area (Å²) in [4.78, 5) is -0.147. The average Bonchev–Trinajstić information content (AvgIpc) is 2.67. The number of rotatable bonds is 8. The van der Waals surface area contributed by atoms with E-state index in [0.29, 0.717) is 0 Å². The molecule has 0 heterocycles. The minimum Gasteiger partial charge on any atom is -0.495 e. The van der Waals surface area contributed by atoms with Gasteiger partial charge < -0.3 is 4.74 Å². The molecule has 1 aromatic carbocycles. The van der Waals surface area contributed by atoms with Gasteiger partial charge >= 0.3 is 0 Å². The molecule has 0 saturated heterocycles. The molecule has 1 aliphatic rings. The highest BCUT2D eigenvalue weighted by molar-refractivity contribution is 7.92. The van der Waals surface area contributed by atoms with Crippen molar-refractivity contribution in [2.45, 2.75) is 56.4 Å². The van der Waals surface area contributed by atoms with Gasteiger partial charge in [-0.05, 0) is 44.7 Å². The monoisotopic (exact) mass is 429 g/mol. The van der Waals surface area contributed by atoms with Crippen molar-refractivity contribution in [3.63, 3.8) is 0 Å². The molecule has 0 aliphatic heterocycles. The van der Waals surface area contributed by atoms with Crippen molar-refractivity contribution in [1.82, 2.24) is 4.72 Å². The molecule has 10 heteroatoms. The van der Waals surface area contributed by atoms with E-state index in [4.69, 9.17) is 4.74 Å². The molecular formula is C18H27N3O5S2. The number of benzene rings is 1. The van der Waals surface area contributed by atoms with Gasteiger partial charge in [0.1, 0.15) is 16.2 Å². The van der Waals surface area contributed by atoms with Crippen molar-refractivity contribution in [2.24, 2.45) is 5.92 Å². The number of nitriles is 1. The summed E-state index contributed by atoms with van der Waals surface area (Å²) in [5.74, 6) is -0.186. The van der Waals surface area contributed by atoms with Crippen molar-refractivity contribution < 1.29 is 21.6 Å². The third-order valence-corrected chi connectivity index (χ3v) is 8.02. The fourth-order valence-electron chi connectivity index (χ4n) is 3.42. The van der Waals surface area contributed by atoms with Gasteiger partial charge in [-0.15, -0.1) is 0 Å². The normalized spacial score (nSPS) is 18.1. The number of hydrogen-bond donors (Lipinski definition) is 2. The number of hydrogen-bond acceptors (Lipinski definition) is 6. The van der Waals surface area contributed by atoms with Crippen LogP contribution in [-0.4, -0.2) is 35.2 Å². The summed E-state index contributed by atoms with van der Waals surface area (Å²) in [6.07, 6.45) is 4.62. The van der Waals surface area contributed by atoms with Crippen molar-refractivity contribution in [3.8, 4) is 11.8 Å². The lowest BCUT2D eigenvalue weighted by molar-refractivity contribution is 0.253. The first-order valence-electron chi connectivity index (χ1n) is 9.20. The molecule has 2 rings (SSSR count). The average molecular weight is 430 g/mol. The van der Waals surface area contributed by atoms with Gasteiger partial charge in [-0.25, -0.2) is 16.8 Å². The van der Waals surface area contributed by atoms with Crippen LogP contribution < -0.4 is 14.2 Å². The zero-order valence-corrected chi connectivity index (χ0v) is 18.0. The van der Waals surface area contributed by atoms with Gasteiger partial charge in [-0.2, -0.15) is 9.98 Å². The predicted octanol–water partition coefficient (Wildman–Crippen LogP) is 2.60. The molecule has 0 unspecified atom stereocenters. The molecular weight excluding hydrogens is 402 g/mol. The standard InChI is InChI=1S/C18H27N3O5S2/c1-4-27(22,23)20-15-10-11-17(16(12-15)26-3)28(24,25)21-18(2,13-19)14-8-6-5-7-9-14/h10-12,14,20-21H,4-9H2,1-3H3/t18-/m1/s1. The van der Waals surface area contributed by atoms with Gasteiger partial charge in [-0.3, -0.25) is 4.72 Å². The Kier molecular flexibility index (Phi) is 6.96. The summed E-state index contributed by atoms with van der Waals surface area (Å²) >= 11 is 0. The number of nitrogens with zero attached hydrogens (tertiary/aromatic N) is 1. The van der Waals surface area contributed by atoms with Crippen LogP contribution in [0.1, 0.15) is 46.0 Å². The van der Waals surface area contributed by atoms with Crippen LogP contribution >= 0.6 is 0 Å². The molecule has 1 aromatic rings. The first-order chi connectivity index (χ1) is 13.1. The summed E-state index contributed by atoms with van der Waals surface area (Å²) in [7, 11) is -6.27. The Morgan fingerprint density at radius 3 is 2.39 bits per heavy atom.